The van der Waals surface area contributed by atoms with Crippen molar-refractivity contribution in [2.45, 2.75) is 37.5 Å². The summed E-state index contributed by atoms with van der Waals surface area (Å²) in [4.78, 5) is 9.65. The number of rotatable bonds is 4. The topological polar surface area (TPSA) is 24.3 Å². The third-order valence-corrected chi connectivity index (χ3v) is 9.43. The Morgan fingerprint density at radius 3 is 2.24 bits per heavy atom. The van der Waals surface area contributed by atoms with E-state index in [9.17, 15) is 0 Å². The molecule has 0 amide bonds. The second kappa shape index (κ2) is 9.52. The molecule has 2 aliphatic rings. The van der Waals surface area contributed by atoms with Gasteiger partial charge in [0.15, 0.2) is 0 Å². The molecule has 1 aliphatic heterocycles. The molecule has 0 N–H and O–H groups in total. The summed E-state index contributed by atoms with van der Waals surface area (Å²) in [5.74, 6) is 0. The Hall–Kier alpha value is -4.57. The van der Waals surface area contributed by atoms with Gasteiger partial charge in [-0.3, -0.25) is 4.98 Å². The van der Waals surface area contributed by atoms with E-state index in [0.29, 0.717) is 0 Å². The molecule has 0 spiro atoms. The Labute approximate surface area is 241 Å². The van der Waals surface area contributed by atoms with Crippen molar-refractivity contribution in [3.05, 3.63) is 127 Å². The molecule has 8 rings (SSSR count). The van der Waals surface area contributed by atoms with Crippen LogP contribution in [0.25, 0.3) is 27.5 Å². The van der Waals surface area contributed by atoms with Crippen LogP contribution in [-0.4, -0.2) is 23.3 Å². The minimum absolute atomic E-state index is 0.0410. The van der Waals surface area contributed by atoms with E-state index in [-0.39, 0.29) is 5.41 Å². The van der Waals surface area contributed by atoms with Crippen LogP contribution in [0.2, 0.25) is 0 Å². The first kappa shape index (κ1) is 24.2. The van der Waals surface area contributed by atoms with Crippen molar-refractivity contribution in [1.29, 1.82) is 0 Å². The molecule has 0 bridgehead atoms. The molecule has 4 aromatic carbocycles. The molecule has 41 heavy (non-hydrogen) atoms. The van der Waals surface area contributed by atoms with Crippen molar-refractivity contribution in [2.75, 3.05) is 23.5 Å². The van der Waals surface area contributed by atoms with Crippen molar-refractivity contribution >= 4 is 38.9 Å². The summed E-state index contributed by atoms with van der Waals surface area (Å²) in [7, 11) is 2.17. The first-order chi connectivity index (χ1) is 20.2. The Morgan fingerprint density at radius 1 is 0.634 bits per heavy atom. The van der Waals surface area contributed by atoms with Gasteiger partial charge in [-0.2, -0.15) is 0 Å². The molecule has 0 saturated heterocycles. The van der Waals surface area contributed by atoms with Crippen LogP contribution in [0.3, 0.4) is 0 Å². The smallest absolute Gasteiger partial charge is 0.0950 e. The highest BCUT2D eigenvalue weighted by atomic mass is 15.4. The number of pyridine rings is 1. The summed E-state index contributed by atoms with van der Waals surface area (Å²) < 4.78 is 2.47. The zero-order valence-corrected chi connectivity index (χ0v) is 23.5. The van der Waals surface area contributed by atoms with Gasteiger partial charge in [0.1, 0.15) is 0 Å². The van der Waals surface area contributed by atoms with E-state index in [1.807, 2.05) is 12.3 Å². The predicted molar refractivity (Wildman–Crippen MR) is 171 cm³/mol. The quantitative estimate of drug-likeness (QED) is 0.226. The zero-order chi connectivity index (χ0) is 27.4. The highest BCUT2D eigenvalue weighted by Crippen LogP contribution is 2.46. The molecule has 4 heteroatoms. The minimum Gasteiger partial charge on any atom is -0.355 e. The molecule has 4 nitrogen and oxygen atoms in total. The van der Waals surface area contributed by atoms with Gasteiger partial charge in [-0.1, -0.05) is 73.9 Å². The maximum atomic E-state index is 4.92. The van der Waals surface area contributed by atoms with Crippen molar-refractivity contribution in [1.82, 2.24) is 9.55 Å². The Balaban J connectivity index is 1.33. The largest absolute Gasteiger partial charge is 0.355 e. The zero-order valence-electron chi connectivity index (χ0n) is 23.5. The normalized spacial score (nSPS) is 16.4. The number of hydrogen-bond acceptors (Lipinski definition) is 3. The number of para-hydroxylation sites is 3. The summed E-state index contributed by atoms with van der Waals surface area (Å²) in [6.07, 6.45) is 8.04. The van der Waals surface area contributed by atoms with Crippen molar-refractivity contribution < 1.29 is 0 Å². The molecule has 6 aromatic rings. The van der Waals surface area contributed by atoms with E-state index in [1.165, 1.54) is 75.1 Å². The average Bonchev–Trinajstić information content (AvgIpc) is 3.56. The Morgan fingerprint density at radius 2 is 1.39 bits per heavy atom. The first-order valence-corrected chi connectivity index (χ1v) is 14.9. The van der Waals surface area contributed by atoms with Gasteiger partial charge in [0.05, 0.1) is 34.8 Å². The Kier molecular flexibility index (Phi) is 5.63. The fourth-order valence-corrected chi connectivity index (χ4v) is 7.44. The maximum Gasteiger partial charge on any atom is 0.0950 e. The lowest BCUT2D eigenvalue weighted by atomic mass is 9.67. The average molecular weight is 535 g/mol. The molecule has 1 aliphatic carbocycles. The van der Waals surface area contributed by atoms with Crippen LogP contribution in [0.5, 0.6) is 0 Å². The molecule has 1 saturated carbocycles. The van der Waals surface area contributed by atoms with Crippen molar-refractivity contribution in [3.8, 4) is 5.69 Å². The second-order valence-corrected chi connectivity index (χ2v) is 11.7. The number of nitrogens with zero attached hydrogens (tertiary/aromatic N) is 4. The Bertz CT molecular complexity index is 1880. The van der Waals surface area contributed by atoms with Gasteiger partial charge in [-0.25, -0.2) is 0 Å². The minimum atomic E-state index is -0.0410. The number of hydrogen-bond donors (Lipinski definition) is 0. The van der Waals surface area contributed by atoms with E-state index in [4.69, 9.17) is 4.98 Å². The second-order valence-electron chi connectivity index (χ2n) is 11.7. The number of aromatic nitrogens is 2. The van der Waals surface area contributed by atoms with Crippen LogP contribution in [0, 0.1) is 0 Å². The standard InChI is InChI=1S/C37H34N4/c1-39-26-40(34-17-6-5-16-33(34)39)28-12-11-13-29(25-28)41-32-15-4-3-14-30(32)31-20-19-27(24-35(31)41)37(21-8-2-9-22-37)36-18-7-10-23-38-36/h3-7,10-20,23-25H,2,8-9,21-22,26H2,1H3. The highest BCUT2D eigenvalue weighted by molar-refractivity contribution is 6.09. The predicted octanol–water partition coefficient (Wildman–Crippen LogP) is 8.97. The van der Waals surface area contributed by atoms with Gasteiger partial charge < -0.3 is 14.4 Å². The van der Waals surface area contributed by atoms with Gasteiger partial charge in [-0.05, 0) is 73.0 Å². The monoisotopic (exact) mass is 534 g/mol. The highest BCUT2D eigenvalue weighted by Gasteiger charge is 2.37. The van der Waals surface area contributed by atoms with E-state index >= 15 is 0 Å². The van der Waals surface area contributed by atoms with Crippen LogP contribution in [0.15, 0.2) is 115 Å². The fraction of sp³-hybridized carbons (Fsp3) is 0.216. The van der Waals surface area contributed by atoms with Crippen LogP contribution < -0.4 is 9.80 Å². The summed E-state index contributed by atoms with van der Waals surface area (Å²) >= 11 is 0. The summed E-state index contributed by atoms with van der Waals surface area (Å²) in [6, 6.07) is 40.2. The van der Waals surface area contributed by atoms with Gasteiger partial charge in [0.25, 0.3) is 0 Å². The SMILES string of the molecule is CN1CN(c2cccc(-n3c4ccccc4c4ccc(C5(c6ccccn6)CCCCC5)cc43)c2)c2ccccc21. The molecular weight excluding hydrogens is 500 g/mol. The number of anilines is 3. The number of benzene rings is 4. The van der Waals surface area contributed by atoms with E-state index in [0.717, 1.165) is 19.5 Å². The fourth-order valence-electron chi connectivity index (χ4n) is 7.44. The third-order valence-electron chi connectivity index (χ3n) is 9.43. The lowest BCUT2D eigenvalue weighted by Crippen LogP contribution is -2.31. The molecular formula is C37H34N4. The van der Waals surface area contributed by atoms with E-state index in [2.05, 4.69) is 125 Å². The van der Waals surface area contributed by atoms with Crippen molar-refractivity contribution in [3.63, 3.8) is 0 Å². The lowest BCUT2D eigenvalue weighted by molar-refractivity contribution is 0.339. The third kappa shape index (κ3) is 3.77. The van der Waals surface area contributed by atoms with Crippen LogP contribution in [0.1, 0.15) is 43.4 Å². The lowest BCUT2D eigenvalue weighted by Gasteiger charge is -2.37. The van der Waals surface area contributed by atoms with Gasteiger partial charge in [0.2, 0.25) is 0 Å². The van der Waals surface area contributed by atoms with Crippen LogP contribution in [-0.2, 0) is 5.41 Å². The molecule has 0 unspecified atom stereocenters. The molecule has 1 fully saturated rings. The van der Waals surface area contributed by atoms with Crippen LogP contribution in [0.4, 0.5) is 17.1 Å². The summed E-state index contributed by atoms with van der Waals surface area (Å²) in [6.45, 7) is 0.840. The molecule has 3 heterocycles. The van der Waals surface area contributed by atoms with E-state index < -0.39 is 0 Å². The van der Waals surface area contributed by atoms with Gasteiger partial charge >= 0.3 is 0 Å². The molecule has 2 aromatic heterocycles. The summed E-state index contributed by atoms with van der Waals surface area (Å²) in [5.41, 5.74) is 9.98. The summed E-state index contributed by atoms with van der Waals surface area (Å²) in [5, 5.41) is 2.59. The molecule has 202 valence electrons. The van der Waals surface area contributed by atoms with Gasteiger partial charge in [-0.15, -0.1) is 0 Å². The first-order valence-electron chi connectivity index (χ1n) is 14.9. The van der Waals surface area contributed by atoms with Crippen LogP contribution >= 0.6 is 0 Å². The number of fused-ring (bicyclic) bond motifs is 4. The van der Waals surface area contributed by atoms with Crippen molar-refractivity contribution in [2.24, 2.45) is 0 Å². The van der Waals surface area contributed by atoms with Gasteiger partial charge in [0, 0.05) is 40.8 Å². The molecule has 0 atom stereocenters. The van der Waals surface area contributed by atoms with E-state index in [1.54, 1.807) is 0 Å². The maximum absolute atomic E-state index is 4.92. The molecule has 0 radical (unpaired) electrons.